The molecule has 1 nitrogen and oxygen atoms in total. The van der Waals surface area contributed by atoms with E-state index in [-0.39, 0.29) is 0 Å². The Balaban J connectivity index is 2.05. The highest BCUT2D eigenvalue weighted by molar-refractivity contribution is 7.12. The zero-order valence-electron chi connectivity index (χ0n) is 12.3. The molecule has 0 saturated heterocycles. The van der Waals surface area contributed by atoms with Crippen LogP contribution in [-0.2, 0) is 0 Å². The topological polar surface area (TPSA) is 12.9 Å². The molecular formula is C17H23NS. The van der Waals surface area contributed by atoms with Crippen LogP contribution in [0.25, 0.3) is 5.57 Å². The SMILES string of the molecule is C/C(=C1\CCCC1=C1CCCC1)c1sc(C)nc1C. The first-order valence-corrected chi connectivity index (χ1v) is 8.34. The number of thiazole rings is 1. The number of aromatic nitrogens is 1. The average molecular weight is 273 g/mol. The molecule has 2 aliphatic carbocycles. The van der Waals surface area contributed by atoms with E-state index in [4.69, 9.17) is 0 Å². The van der Waals surface area contributed by atoms with Crippen LogP contribution >= 0.6 is 11.3 Å². The van der Waals surface area contributed by atoms with E-state index in [1.54, 1.807) is 16.7 Å². The first-order chi connectivity index (χ1) is 9.16. The Bertz CT molecular complexity index is 552. The van der Waals surface area contributed by atoms with E-state index in [2.05, 4.69) is 25.8 Å². The third kappa shape index (κ3) is 2.43. The van der Waals surface area contributed by atoms with E-state index in [9.17, 15) is 0 Å². The summed E-state index contributed by atoms with van der Waals surface area (Å²) >= 11 is 1.86. The molecule has 0 aromatic carbocycles. The quantitative estimate of drug-likeness (QED) is 0.650. The standard InChI is InChI=1S/C17H23NS/c1-11(17-12(2)18-13(3)19-17)15-9-6-10-16(15)14-7-4-5-8-14/h4-10H2,1-3H3/b15-11-. The zero-order valence-corrected chi connectivity index (χ0v) is 13.1. The van der Waals surface area contributed by atoms with Crippen LogP contribution in [0.4, 0.5) is 0 Å². The van der Waals surface area contributed by atoms with Crippen LogP contribution in [0.2, 0.25) is 0 Å². The highest BCUT2D eigenvalue weighted by Gasteiger charge is 2.23. The summed E-state index contributed by atoms with van der Waals surface area (Å²) < 4.78 is 0. The average Bonchev–Trinajstić information content (AvgIpc) is 3.06. The highest BCUT2D eigenvalue weighted by Crippen LogP contribution is 2.43. The Labute approximate surface area is 120 Å². The lowest BCUT2D eigenvalue weighted by Gasteiger charge is -2.10. The number of aryl methyl sites for hydroxylation is 2. The van der Waals surface area contributed by atoms with Gasteiger partial charge in [-0.15, -0.1) is 11.3 Å². The summed E-state index contributed by atoms with van der Waals surface area (Å²) in [7, 11) is 0. The van der Waals surface area contributed by atoms with Crippen LogP contribution in [0.15, 0.2) is 16.7 Å². The van der Waals surface area contributed by atoms with E-state index < -0.39 is 0 Å². The van der Waals surface area contributed by atoms with Crippen molar-refractivity contribution in [2.24, 2.45) is 0 Å². The van der Waals surface area contributed by atoms with E-state index >= 15 is 0 Å². The summed E-state index contributed by atoms with van der Waals surface area (Å²) in [4.78, 5) is 6.02. The van der Waals surface area contributed by atoms with Gasteiger partial charge in [-0.25, -0.2) is 4.98 Å². The first-order valence-electron chi connectivity index (χ1n) is 7.52. The van der Waals surface area contributed by atoms with Crippen molar-refractivity contribution < 1.29 is 0 Å². The normalized spacial score (nSPS) is 22.5. The third-order valence-electron chi connectivity index (χ3n) is 4.55. The van der Waals surface area contributed by atoms with E-state index in [1.165, 1.54) is 66.1 Å². The van der Waals surface area contributed by atoms with Gasteiger partial charge in [0.05, 0.1) is 15.6 Å². The molecule has 2 heteroatoms. The number of hydrogen-bond acceptors (Lipinski definition) is 2. The number of nitrogens with zero attached hydrogens (tertiary/aromatic N) is 1. The summed E-state index contributed by atoms with van der Waals surface area (Å²) in [5.74, 6) is 0. The lowest BCUT2D eigenvalue weighted by molar-refractivity contribution is 0.886. The molecule has 0 spiro atoms. The largest absolute Gasteiger partial charge is 0.246 e. The van der Waals surface area contributed by atoms with Crippen molar-refractivity contribution in [2.45, 2.75) is 65.7 Å². The van der Waals surface area contributed by atoms with Crippen LogP contribution < -0.4 is 0 Å². The molecule has 0 amide bonds. The van der Waals surface area contributed by atoms with Gasteiger partial charge < -0.3 is 0 Å². The second-order valence-corrected chi connectivity index (χ2v) is 7.10. The van der Waals surface area contributed by atoms with Crippen LogP contribution in [-0.4, -0.2) is 4.98 Å². The molecule has 0 radical (unpaired) electrons. The highest BCUT2D eigenvalue weighted by atomic mass is 32.1. The molecule has 0 N–H and O–H groups in total. The fourth-order valence-corrected chi connectivity index (χ4v) is 4.62. The molecule has 2 saturated carbocycles. The Kier molecular flexibility index (Phi) is 3.62. The predicted molar refractivity (Wildman–Crippen MR) is 83.5 cm³/mol. The summed E-state index contributed by atoms with van der Waals surface area (Å²) in [6, 6.07) is 0. The molecule has 1 heterocycles. The van der Waals surface area contributed by atoms with Crippen LogP contribution in [0.3, 0.4) is 0 Å². The van der Waals surface area contributed by atoms with Crippen molar-refractivity contribution in [3.05, 3.63) is 32.3 Å². The van der Waals surface area contributed by atoms with Gasteiger partial charge in [-0.2, -0.15) is 0 Å². The van der Waals surface area contributed by atoms with Gasteiger partial charge in [0.15, 0.2) is 0 Å². The summed E-state index contributed by atoms with van der Waals surface area (Å²) in [5.41, 5.74) is 7.88. The molecule has 19 heavy (non-hydrogen) atoms. The van der Waals surface area contributed by atoms with Crippen LogP contribution in [0, 0.1) is 13.8 Å². The van der Waals surface area contributed by atoms with Crippen LogP contribution in [0.5, 0.6) is 0 Å². The Morgan fingerprint density at radius 3 is 2.37 bits per heavy atom. The van der Waals surface area contributed by atoms with Gasteiger partial charge in [-0.05, 0) is 82.4 Å². The van der Waals surface area contributed by atoms with Crippen molar-refractivity contribution in [1.29, 1.82) is 0 Å². The van der Waals surface area contributed by atoms with Crippen molar-refractivity contribution in [2.75, 3.05) is 0 Å². The molecule has 2 aliphatic rings. The van der Waals surface area contributed by atoms with Gasteiger partial charge in [0.1, 0.15) is 0 Å². The van der Waals surface area contributed by atoms with Gasteiger partial charge in [0, 0.05) is 0 Å². The third-order valence-corrected chi connectivity index (χ3v) is 5.74. The van der Waals surface area contributed by atoms with Gasteiger partial charge in [0.25, 0.3) is 0 Å². The van der Waals surface area contributed by atoms with Crippen molar-refractivity contribution in [1.82, 2.24) is 4.98 Å². The molecular weight excluding hydrogens is 250 g/mol. The maximum atomic E-state index is 4.59. The monoisotopic (exact) mass is 273 g/mol. The minimum atomic E-state index is 1.19. The predicted octanol–water partition coefficient (Wildman–Crippen LogP) is 5.59. The van der Waals surface area contributed by atoms with Gasteiger partial charge in [0.2, 0.25) is 0 Å². The second kappa shape index (κ2) is 5.24. The van der Waals surface area contributed by atoms with E-state index in [0.717, 1.165) is 0 Å². The minimum absolute atomic E-state index is 1.19. The molecule has 102 valence electrons. The lowest BCUT2D eigenvalue weighted by atomic mass is 9.97. The van der Waals surface area contributed by atoms with Crippen LogP contribution in [0.1, 0.15) is 67.4 Å². The number of allylic oxidation sites excluding steroid dienone is 4. The summed E-state index contributed by atoms with van der Waals surface area (Å²) in [5, 5.41) is 1.19. The smallest absolute Gasteiger partial charge is 0.0903 e. The molecule has 0 unspecified atom stereocenters. The minimum Gasteiger partial charge on any atom is -0.246 e. The summed E-state index contributed by atoms with van der Waals surface area (Å²) in [6.45, 7) is 6.58. The maximum absolute atomic E-state index is 4.59. The van der Waals surface area contributed by atoms with E-state index in [0.29, 0.717) is 0 Å². The Morgan fingerprint density at radius 2 is 1.74 bits per heavy atom. The number of rotatable bonds is 1. The molecule has 1 aromatic heterocycles. The molecule has 0 atom stereocenters. The van der Waals surface area contributed by atoms with Gasteiger partial charge >= 0.3 is 0 Å². The lowest BCUT2D eigenvalue weighted by Crippen LogP contribution is -1.91. The van der Waals surface area contributed by atoms with Gasteiger partial charge in [-0.3, -0.25) is 0 Å². The van der Waals surface area contributed by atoms with Gasteiger partial charge in [-0.1, -0.05) is 5.57 Å². The van der Waals surface area contributed by atoms with E-state index in [1.807, 2.05) is 11.3 Å². The van der Waals surface area contributed by atoms with Crippen molar-refractivity contribution in [3.63, 3.8) is 0 Å². The fourth-order valence-electron chi connectivity index (χ4n) is 3.67. The Hall–Kier alpha value is -0.890. The number of hydrogen-bond donors (Lipinski definition) is 0. The molecule has 0 bridgehead atoms. The zero-order chi connectivity index (χ0) is 13.4. The van der Waals surface area contributed by atoms with Crippen molar-refractivity contribution >= 4 is 16.9 Å². The molecule has 2 fully saturated rings. The van der Waals surface area contributed by atoms with Crippen molar-refractivity contribution in [3.8, 4) is 0 Å². The second-order valence-electron chi connectivity index (χ2n) is 5.89. The summed E-state index contributed by atoms with van der Waals surface area (Å²) in [6.07, 6.45) is 9.47. The maximum Gasteiger partial charge on any atom is 0.0903 e. The first kappa shape index (κ1) is 13.1. The molecule has 3 rings (SSSR count). The fraction of sp³-hybridized carbons (Fsp3) is 0.588. The Morgan fingerprint density at radius 1 is 1.00 bits per heavy atom. The molecule has 1 aromatic rings. The molecule has 0 aliphatic heterocycles.